The molecule has 0 saturated carbocycles. The minimum atomic E-state index is -5.04. The summed E-state index contributed by atoms with van der Waals surface area (Å²) in [4.78, 5) is 11.9. The molecule has 0 aliphatic carbocycles. The highest BCUT2D eigenvalue weighted by Crippen LogP contribution is 2.36. The molecule has 2 aromatic carbocycles. The standard InChI is InChI=1S/C17H12F6N2O2/c1-27-14-4-2-10(3-5-14)9-24-25-15(26)11-6-12(16(18,19)20)8-13(7-11)17(21,22)23/h2-9H,1H3,(H,25,26)/b24-9+. The molecule has 0 radical (unpaired) electrons. The van der Waals surface area contributed by atoms with Crippen LogP contribution in [0.25, 0.3) is 0 Å². The SMILES string of the molecule is COc1ccc(/C=N/NC(=O)c2cc(C(F)(F)F)cc(C(F)(F)F)c2)cc1. The van der Waals surface area contributed by atoms with Gasteiger partial charge in [-0.25, -0.2) is 5.43 Å². The lowest BCUT2D eigenvalue weighted by molar-refractivity contribution is -0.143. The van der Waals surface area contributed by atoms with Gasteiger partial charge in [0.15, 0.2) is 0 Å². The number of hydrogen-bond acceptors (Lipinski definition) is 3. The zero-order valence-electron chi connectivity index (χ0n) is 13.7. The van der Waals surface area contributed by atoms with Gasteiger partial charge in [0.1, 0.15) is 5.75 Å². The molecule has 144 valence electrons. The van der Waals surface area contributed by atoms with Crippen LogP contribution in [-0.2, 0) is 12.4 Å². The van der Waals surface area contributed by atoms with Gasteiger partial charge in [-0.1, -0.05) is 0 Å². The molecule has 10 heteroatoms. The first-order chi connectivity index (χ1) is 12.5. The molecule has 0 atom stereocenters. The van der Waals surface area contributed by atoms with E-state index in [9.17, 15) is 31.1 Å². The highest BCUT2D eigenvalue weighted by molar-refractivity contribution is 5.95. The first kappa shape index (κ1) is 20.3. The van der Waals surface area contributed by atoms with Crippen LogP contribution < -0.4 is 10.2 Å². The minimum absolute atomic E-state index is 0.0581. The number of ether oxygens (including phenoxy) is 1. The molecule has 1 amide bonds. The maximum atomic E-state index is 12.8. The third-order valence-corrected chi connectivity index (χ3v) is 3.35. The van der Waals surface area contributed by atoms with E-state index in [1.807, 2.05) is 5.43 Å². The summed E-state index contributed by atoms with van der Waals surface area (Å²) in [6, 6.07) is 6.97. The number of amides is 1. The van der Waals surface area contributed by atoms with Crippen molar-refractivity contribution in [3.63, 3.8) is 0 Å². The summed E-state index contributed by atoms with van der Waals surface area (Å²) in [7, 11) is 1.47. The largest absolute Gasteiger partial charge is 0.497 e. The molecule has 0 saturated heterocycles. The van der Waals surface area contributed by atoms with E-state index in [1.54, 1.807) is 24.3 Å². The number of nitrogens with zero attached hydrogens (tertiary/aromatic N) is 1. The van der Waals surface area contributed by atoms with Gasteiger partial charge in [0.25, 0.3) is 5.91 Å². The normalized spacial score (nSPS) is 12.3. The van der Waals surface area contributed by atoms with Crippen LogP contribution in [0.15, 0.2) is 47.6 Å². The second-order valence-electron chi connectivity index (χ2n) is 5.27. The molecule has 0 aliphatic rings. The Morgan fingerprint density at radius 2 is 1.48 bits per heavy atom. The van der Waals surface area contributed by atoms with E-state index in [2.05, 4.69) is 5.10 Å². The Morgan fingerprint density at radius 3 is 1.93 bits per heavy atom. The van der Waals surface area contributed by atoms with Crippen molar-refractivity contribution in [2.75, 3.05) is 7.11 Å². The van der Waals surface area contributed by atoms with Gasteiger partial charge in [0.05, 0.1) is 24.5 Å². The fourth-order valence-electron chi connectivity index (χ4n) is 2.01. The van der Waals surface area contributed by atoms with E-state index >= 15 is 0 Å². The molecule has 0 fully saturated rings. The average Bonchev–Trinajstić information content (AvgIpc) is 2.60. The lowest BCUT2D eigenvalue weighted by Crippen LogP contribution is -2.20. The molecular formula is C17H12F6N2O2. The van der Waals surface area contributed by atoms with Crippen molar-refractivity contribution in [1.82, 2.24) is 5.43 Å². The van der Waals surface area contributed by atoms with E-state index in [1.165, 1.54) is 13.3 Å². The molecule has 27 heavy (non-hydrogen) atoms. The van der Waals surface area contributed by atoms with Gasteiger partial charge in [-0.2, -0.15) is 31.4 Å². The second kappa shape index (κ2) is 7.68. The molecule has 0 aromatic heterocycles. The van der Waals surface area contributed by atoms with E-state index in [0.717, 1.165) is 0 Å². The monoisotopic (exact) mass is 390 g/mol. The number of hydrogen-bond donors (Lipinski definition) is 1. The van der Waals surface area contributed by atoms with Crippen LogP contribution >= 0.6 is 0 Å². The molecule has 0 heterocycles. The Hall–Kier alpha value is -3.04. The summed E-state index contributed by atoms with van der Waals surface area (Å²) < 4.78 is 81.7. The van der Waals surface area contributed by atoms with Gasteiger partial charge in [-0.15, -0.1) is 0 Å². The maximum absolute atomic E-state index is 12.8. The third kappa shape index (κ3) is 5.47. The summed E-state index contributed by atoms with van der Waals surface area (Å²) in [6.07, 6.45) is -8.90. The first-order valence-electron chi connectivity index (χ1n) is 7.27. The average molecular weight is 390 g/mol. The predicted octanol–water partition coefficient (Wildman–Crippen LogP) is 4.50. The van der Waals surface area contributed by atoms with Crippen LogP contribution in [-0.4, -0.2) is 19.2 Å². The minimum Gasteiger partial charge on any atom is -0.497 e. The van der Waals surface area contributed by atoms with E-state index in [-0.39, 0.29) is 6.07 Å². The zero-order valence-corrected chi connectivity index (χ0v) is 13.7. The number of methoxy groups -OCH3 is 1. The summed E-state index contributed by atoms with van der Waals surface area (Å²) in [6.45, 7) is 0. The number of halogens is 6. The Kier molecular flexibility index (Phi) is 5.77. The third-order valence-electron chi connectivity index (χ3n) is 3.35. The van der Waals surface area contributed by atoms with Gasteiger partial charge in [-0.3, -0.25) is 4.79 Å². The Bertz CT molecular complexity index is 810. The zero-order chi connectivity index (χ0) is 20.2. The van der Waals surface area contributed by atoms with Gasteiger partial charge < -0.3 is 4.74 Å². The molecule has 2 aromatic rings. The van der Waals surface area contributed by atoms with E-state index < -0.39 is 35.0 Å². The van der Waals surface area contributed by atoms with Gasteiger partial charge in [0, 0.05) is 5.56 Å². The molecule has 2 rings (SSSR count). The van der Waals surface area contributed by atoms with Crippen LogP contribution in [0.3, 0.4) is 0 Å². The number of alkyl halides is 6. The van der Waals surface area contributed by atoms with Crippen molar-refractivity contribution in [2.24, 2.45) is 5.10 Å². The Balaban J connectivity index is 2.22. The topological polar surface area (TPSA) is 50.7 Å². The van der Waals surface area contributed by atoms with Crippen LogP contribution in [0.1, 0.15) is 27.0 Å². The summed E-state index contributed by atoms with van der Waals surface area (Å²) >= 11 is 0. The van der Waals surface area contributed by atoms with Crippen LogP contribution in [0, 0.1) is 0 Å². The molecule has 0 bridgehead atoms. The number of hydrazone groups is 1. The van der Waals surface area contributed by atoms with Crippen LogP contribution in [0.2, 0.25) is 0 Å². The van der Waals surface area contributed by atoms with E-state index in [0.29, 0.717) is 23.4 Å². The molecule has 1 N–H and O–H groups in total. The van der Waals surface area contributed by atoms with Crippen LogP contribution in [0.4, 0.5) is 26.3 Å². The Morgan fingerprint density at radius 1 is 0.963 bits per heavy atom. The smallest absolute Gasteiger partial charge is 0.416 e. The lowest BCUT2D eigenvalue weighted by Gasteiger charge is -2.13. The van der Waals surface area contributed by atoms with Crippen molar-refractivity contribution >= 4 is 12.1 Å². The summed E-state index contributed by atoms with van der Waals surface area (Å²) in [5, 5.41) is 3.53. The number of benzene rings is 2. The Labute approximate surface area is 149 Å². The first-order valence-corrected chi connectivity index (χ1v) is 7.27. The van der Waals surface area contributed by atoms with Crippen molar-refractivity contribution in [3.8, 4) is 5.75 Å². The molecule has 0 aliphatic heterocycles. The van der Waals surface area contributed by atoms with Crippen molar-refractivity contribution in [3.05, 3.63) is 64.7 Å². The number of carbonyl (C=O) groups is 1. The van der Waals surface area contributed by atoms with E-state index in [4.69, 9.17) is 4.74 Å². The quantitative estimate of drug-likeness (QED) is 0.475. The fraction of sp³-hybridized carbons (Fsp3) is 0.176. The molecule has 4 nitrogen and oxygen atoms in total. The van der Waals surface area contributed by atoms with Gasteiger partial charge in [0.2, 0.25) is 0 Å². The molecule has 0 unspecified atom stereocenters. The highest BCUT2D eigenvalue weighted by atomic mass is 19.4. The highest BCUT2D eigenvalue weighted by Gasteiger charge is 2.37. The number of carbonyl (C=O) groups excluding carboxylic acids is 1. The summed E-state index contributed by atoms with van der Waals surface area (Å²) in [5.74, 6) is -0.642. The summed E-state index contributed by atoms with van der Waals surface area (Å²) in [5.41, 5.74) is -1.56. The second-order valence-corrected chi connectivity index (χ2v) is 5.27. The molecule has 0 spiro atoms. The molecular weight excluding hydrogens is 378 g/mol. The van der Waals surface area contributed by atoms with Crippen LogP contribution in [0.5, 0.6) is 5.75 Å². The fourth-order valence-corrected chi connectivity index (χ4v) is 2.01. The number of rotatable bonds is 4. The predicted molar refractivity (Wildman–Crippen MR) is 84.5 cm³/mol. The van der Waals surface area contributed by atoms with Gasteiger partial charge >= 0.3 is 12.4 Å². The maximum Gasteiger partial charge on any atom is 0.416 e. The number of nitrogens with one attached hydrogen (secondary N) is 1. The van der Waals surface area contributed by atoms with Crippen molar-refractivity contribution in [2.45, 2.75) is 12.4 Å². The lowest BCUT2D eigenvalue weighted by atomic mass is 10.0. The van der Waals surface area contributed by atoms with Gasteiger partial charge in [-0.05, 0) is 48.0 Å². The van der Waals surface area contributed by atoms with Crippen molar-refractivity contribution < 1.29 is 35.9 Å². The van der Waals surface area contributed by atoms with Crippen molar-refractivity contribution in [1.29, 1.82) is 0 Å².